The standard InChI is InChI=1S/C5H10N.3CH3.Li.Pb/c1-4-5-6(2)3;;;;;/h1,4H,5H2,2-3H3;3*1H3;;/q-1;;;;+1;. The normalized spacial score (nSPS) is 8.27. The molecule has 0 spiro atoms. The summed E-state index contributed by atoms with van der Waals surface area (Å²) in [4.78, 5) is 2.00. The Morgan fingerprint density at radius 2 is 1.55 bits per heavy atom. The Morgan fingerprint density at radius 3 is 1.55 bits per heavy atom. The van der Waals surface area contributed by atoms with Crippen molar-refractivity contribution in [2.45, 2.75) is 13.4 Å². The second kappa shape index (κ2) is 13.8. The van der Waals surface area contributed by atoms with Crippen LogP contribution in [0.2, 0.25) is 13.4 Å². The predicted molar refractivity (Wildman–Crippen MR) is 50.8 cm³/mol. The summed E-state index contributed by atoms with van der Waals surface area (Å²) in [5.74, 6) is 0. The third-order valence-electron chi connectivity index (χ3n) is 0.471. The van der Waals surface area contributed by atoms with Crippen LogP contribution in [-0.4, -0.2) is 48.2 Å². The molecule has 0 N–H and O–H groups in total. The van der Waals surface area contributed by atoms with Gasteiger partial charge in [-0.1, -0.05) is 0 Å². The first-order valence-electron chi connectivity index (χ1n) is 3.45. The molecular formula is C8H19LiNPb. The van der Waals surface area contributed by atoms with Crippen LogP contribution in [0.25, 0.3) is 0 Å². The first-order valence-corrected chi connectivity index (χ1v) is 15.1. The van der Waals surface area contributed by atoms with E-state index < -0.39 is 22.7 Å². The zero-order valence-electron chi connectivity index (χ0n) is 8.81. The molecule has 0 saturated heterocycles. The average molecular weight is 343 g/mol. The van der Waals surface area contributed by atoms with Crippen LogP contribution in [0.1, 0.15) is 0 Å². The number of rotatable bonds is 2. The van der Waals surface area contributed by atoms with Gasteiger partial charge in [0.05, 0.1) is 0 Å². The second-order valence-corrected chi connectivity index (χ2v) is 14.7. The molecule has 3 heteroatoms. The minimum absolute atomic E-state index is 0. The van der Waals surface area contributed by atoms with Crippen molar-refractivity contribution < 1.29 is 18.9 Å². The van der Waals surface area contributed by atoms with E-state index in [0.29, 0.717) is 0 Å². The summed E-state index contributed by atoms with van der Waals surface area (Å²) in [6.45, 7) is 5.92. The van der Waals surface area contributed by atoms with Crippen LogP contribution in [0, 0.1) is 6.58 Å². The van der Waals surface area contributed by atoms with Crippen LogP contribution in [0.15, 0.2) is 6.08 Å². The third-order valence-corrected chi connectivity index (χ3v) is 0.471. The van der Waals surface area contributed by atoms with Crippen LogP contribution in [-0.2, 0) is 0 Å². The van der Waals surface area contributed by atoms with E-state index in [1.165, 1.54) is 0 Å². The maximum absolute atomic E-state index is 5.06. The van der Waals surface area contributed by atoms with Gasteiger partial charge < -0.3 is 11.5 Å². The molecule has 0 fully saturated rings. The largest absolute Gasteiger partial charge is 1.00 e. The summed E-state index contributed by atoms with van der Waals surface area (Å²) in [6, 6.07) is 0. The van der Waals surface area contributed by atoms with Gasteiger partial charge in [0.25, 0.3) is 0 Å². The summed E-state index contributed by atoms with van der Waals surface area (Å²) >= 11 is -0.657. The second-order valence-electron chi connectivity index (χ2n) is 3.00. The van der Waals surface area contributed by atoms with Gasteiger partial charge in [0.1, 0.15) is 0 Å². The molecule has 0 amide bonds. The van der Waals surface area contributed by atoms with Gasteiger partial charge in [-0.25, -0.2) is 0 Å². The molecule has 61 valence electrons. The Labute approximate surface area is 92.5 Å². The summed E-state index contributed by atoms with van der Waals surface area (Å²) < 4.78 is 7.14. The van der Waals surface area contributed by atoms with Gasteiger partial charge in [0.2, 0.25) is 0 Å². The molecule has 0 heterocycles. The number of hydrogen-bond donors (Lipinski definition) is 0. The van der Waals surface area contributed by atoms with Crippen LogP contribution in [0.5, 0.6) is 0 Å². The van der Waals surface area contributed by atoms with Crippen LogP contribution in [0.3, 0.4) is 0 Å². The molecule has 0 aliphatic rings. The quantitative estimate of drug-likeness (QED) is 0.455. The molecule has 0 saturated carbocycles. The topological polar surface area (TPSA) is 3.24 Å². The number of likely N-dealkylation sites (N-methyl/N-ethyl adjacent to an activating group) is 1. The molecular weight excluding hydrogens is 324 g/mol. The van der Waals surface area contributed by atoms with Crippen LogP contribution < -0.4 is 18.9 Å². The van der Waals surface area contributed by atoms with Crippen molar-refractivity contribution in [3.63, 3.8) is 0 Å². The van der Waals surface area contributed by atoms with E-state index in [9.17, 15) is 0 Å². The van der Waals surface area contributed by atoms with Crippen molar-refractivity contribution in [3.8, 4) is 0 Å². The van der Waals surface area contributed by atoms with Gasteiger partial charge in [0.15, 0.2) is 0 Å². The van der Waals surface area contributed by atoms with E-state index in [4.69, 9.17) is 6.58 Å². The molecule has 0 rings (SSSR count). The van der Waals surface area contributed by atoms with E-state index in [2.05, 4.69) is 13.4 Å². The summed E-state index contributed by atoms with van der Waals surface area (Å²) in [5, 5.41) is 0. The molecule has 0 aromatic heterocycles. The molecule has 0 unspecified atom stereocenters. The van der Waals surface area contributed by atoms with E-state index in [0.717, 1.165) is 6.54 Å². The first kappa shape index (κ1) is 18.1. The molecule has 11 heavy (non-hydrogen) atoms. The summed E-state index contributed by atoms with van der Waals surface area (Å²) in [7, 11) is 3.95. The van der Waals surface area contributed by atoms with Gasteiger partial charge in [-0.15, -0.1) is 0 Å². The van der Waals surface area contributed by atoms with Crippen molar-refractivity contribution in [2.75, 3.05) is 20.6 Å². The molecule has 0 aliphatic heterocycles. The molecule has 1 radical (unpaired) electrons. The van der Waals surface area contributed by atoms with E-state index in [1.54, 1.807) is 6.08 Å². The number of hydrogen-bond acceptors (Lipinski definition) is 1. The Morgan fingerprint density at radius 1 is 1.27 bits per heavy atom. The van der Waals surface area contributed by atoms with Gasteiger partial charge in [-0.2, -0.15) is 0 Å². The Kier molecular flexibility index (Phi) is 22.7. The Bertz CT molecular complexity index is 71.7. The zero-order chi connectivity index (χ0) is 8.57. The van der Waals surface area contributed by atoms with Crippen molar-refractivity contribution >= 4 is 22.7 Å². The minimum Gasteiger partial charge on any atom is 1.00 e. The monoisotopic (exact) mass is 344 g/mol. The van der Waals surface area contributed by atoms with Crippen LogP contribution in [0.4, 0.5) is 0 Å². The van der Waals surface area contributed by atoms with Gasteiger partial charge in [0, 0.05) is 0 Å². The van der Waals surface area contributed by atoms with Crippen molar-refractivity contribution in [1.29, 1.82) is 0 Å². The maximum Gasteiger partial charge on any atom is 1.00 e. The third kappa shape index (κ3) is 53.6. The van der Waals surface area contributed by atoms with Crippen molar-refractivity contribution in [3.05, 3.63) is 12.7 Å². The molecule has 0 aromatic carbocycles. The fourth-order valence-corrected chi connectivity index (χ4v) is 0.211. The van der Waals surface area contributed by atoms with Crippen LogP contribution >= 0.6 is 0 Å². The SMILES string of the molecule is [CH-]=CCN(C)C.[CH3][Pb]([CH3])[CH3].[Li+]. The molecule has 0 bridgehead atoms. The van der Waals surface area contributed by atoms with Crippen molar-refractivity contribution in [2.24, 2.45) is 0 Å². The fourth-order valence-electron chi connectivity index (χ4n) is 0.211. The molecule has 1 nitrogen and oxygen atoms in total. The molecule has 0 atom stereocenters. The number of nitrogens with zero attached hydrogens (tertiary/aromatic N) is 1. The summed E-state index contributed by atoms with van der Waals surface area (Å²) in [6.07, 6.45) is 1.62. The fraction of sp³-hybridized carbons (Fsp3) is 0.750. The smallest absolute Gasteiger partial charge is 1.00 e. The Hall–Kier alpha value is 1.22. The van der Waals surface area contributed by atoms with E-state index >= 15 is 0 Å². The van der Waals surface area contributed by atoms with Gasteiger partial charge in [-0.05, 0) is 20.6 Å². The maximum atomic E-state index is 5.06. The van der Waals surface area contributed by atoms with Crippen molar-refractivity contribution in [1.82, 2.24) is 4.90 Å². The predicted octanol–water partition coefficient (Wildman–Crippen LogP) is -1.09. The van der Waals surface area contributed by atoms with Gasteiger partial charge >= 0.3 is 55.0 Å². The summed E-state index contributed by atoms with van der Waals surface area (Å²) in [5.41, 5.74) is 0. The Balaban J connectivity index is -0.000000114. The first-order chi connectivity index (χ1) is 4.50. The average Bonchev–Trinajstić information content (AvgIpc) is 1.62. The zero-order valence-corrected chi connectivity index (χ0v) is 12.7. The molecule has 0 aromatic rings. The molecule has 0 aliphatic carbocycles. The minimum atomic E-state index is -0.657. The van der Waals surface area contributed by atoms with E-state index in [-0.39, 0.29) is 18.9 Å². The van der Waals surface area contributed by atoms with E-state index in [1.807, 2.05) is 19.0 Å². The van der Waals surface area contributed by atoms with Gasteiger partial charge in [-0.3, -0.25) is 6.08 Å².